The van der Waals surface area contributed by atoms with Gasteiger partial charge in [-0.1, -0.05) is 97.1 Å². The lowest BCUT2D eigenvalue weighted by molar-refractivity contribution is 1.05. The molecule has 1 aliphatic carbocycles. The number of hydrogen-bond acceptors (Lipinski definition) is 0. The Balaban J connectivity index is 1.02. The van der Waals surface area contributed by atoms with Crippen LogP contribution in [-0.4, -0.2) is 17.6 Å². The molecular formula is C54H28N4. The SMILES string of the molecule is C1=c2c3ccccc3n3c2c(c2cc4c(cc23)c2cccc3c5cc6c(cc5n4c23)c2cccc3c4cc5c(cc4n6c32)c2cccc3c4ccccc4n5c32)CC1. The van der Waals surface area contributed by atoms with Gasteiger partial charge in [0.15, 0.2) is 0 Å². The van der Waals surface area contributed by atoms with Gasteiger partial charge in [-0.2, -0.15) is 0 Å². The zero-order valence-corrected chi connectivity index (χ0v) is 31.1. The van der Waals surface area contributed by atoms with Crippen molar-refractivity contribution in [2.24, 2.45) is 0 Å². The number of para-hydroxylation sites is 5. The van der Waals surface area contributed by atoms with Crippen molar-refractivity contribution in [2.45, 2.75) is 12.8 Å². The van der Waals surface area contributed by atoms with Crippen molar-refractivity contribution >= 4 is 148 Å². The summed E-state index contributed by atoms with van der Waals surface area (Å²) >= 11 is 0. The van der Waals surface area contributed by atoms with E-state index >= 15 is 0 Å². The highest BCUT2D eigenvalue weighted by molar-refractivity contribution is 6.32. The van der Waals surface area contributed by atoms with Crippen LogP contribution in [0.1, 0.15) is 12.0 Å². The van der Waals surface area contributed by atoms with E-state index in [1.807, 2.05) is 0 Å². The minimum absolute atomic E-state index is 1.08. The van der Waals surface area contributed by atoms with Crippen LogP contribution in [0.15, 0.2) is 140 Å². The molecule has 0 bridgehead atoms. The minimum Gasteiger partial charge on any atom is -0.308 e. The molecule has 16 aromatic rings. The van der Waals surface area contributed by atoms with Gasteiger partial charge < -0.3 is 17.6 Å². The summed E-state index contributed by atoms with van der Waals surface area (Å²) in [5, 5.41) is 20.0. The molecule has 58 heavy (non-hydrogen) atoms. The first-order chi connectivity index (χ1) is 28.8. The summed E-state index contributed by atoms with van der Waals surface area (Å²) in [6.45, 7) is 0. The number of rotatable bonds is 0. The molecule has 8 heterocycles. The van der Waals surface area contributed by atoms with E-state index in [9.17, 15) is 0 Å². The van der Waals surface area contributed by atoms with Crippen LogP contribution in [-0.2, 0) is 6.42 Å². The molecule has 8 aromatic carbocycles. The molecule has 264 valence electrons. The first-order valence-corrected chi connectivity index (χ1v) is 20.6. The standard InChI is InChI=1S/C54H28N4/c1-3-19-43-27(9-1)29-11-5-13-31-37-23-47-39(21-45(37)55(43)51(29)31)33-15-7-17-35-41-26-50-42(25-49(41)57(47)53(33)35)36-18-8-16-34-40-22-46-38(24-48(40)58(50)54(34)36)32-14-6-12-30-28-10-2-4-20-44(28)56(46)52(30)32/h1-5,7-13,15-26H,6,14H2. The number of hydrogen-bond donors (Lipinski definition) is 0. The van der Waals surface area contributed by atoms with Crippen LogP contribution in [0.5, 0.6) is 0 Å². The summed E-state index contributed by atoms with van der Waals surface area (Å²) < 4.78 is 10.2. The van der Waals surface area contributed by atoms with E-state index in [1.54, 1.807) is 0 Å². The molecule has 0 unspecified atom stereocenters. The first-order valence-electron chi connectivity index (χ1n) is 20.6. The molecule has 0 N–H and O–H groups in total. The van der Waals surface area contributed by atoms with Crippen LogP contribution in [0, 0.1) is 0 Å². The monoisotopic (exact) mass is 732 g/mol. The molecule has 0 atom stereocenters. The van der Waals surface area contributed by atoms with E-state index in [4.69, 9.17) is 0 Å². The zero-order chi connectivity index (χ0) is 36.9. The number of benzene rings is 8. The second kappa shape index (κ2) is 8.86. The Labute approximate surface area is 327 Å². The highest BCUT2D eigenvalue weighted by atomic mass is 15.0. The van der Waals surface area contributed by atoms with E-state index in [-0.39, 0.29) is 0 Å². The molecule has 8 aromatic heterocycles. The van der Waals surface area contributed by atoms with E-state index in [0.29, 0.717) is 0 Å². The fourth-order valence-corrected chi connectivity index (χ4v) is 12.6. The Hall–Kier alpha value is -7.56. The predicted molar refractivity (Wildman–Crippen MR) is 244 cm³/mol. The second-order valence-corrected chi connectivity index (χ2v) is 17.1. The van der Waals surface area contributed by atoms with Crippen molar-refractivity contribution in [3.05, 3.63) is 150 Å². The Bertz CT molecular complexity index is 4660. The lowest BCUT2D eigenvalue weighted by atomic mass is 9.99. The van der Waals surface area contributed by atoms with Gasteiger partial charge in [-0.3, -0.25) is 0 Å². The van der Waals surface area contributed by atoms with Gasteiger partial charge in [0, 0.05) is 80.6 Å². The quantitative estimate of drug-likeness (QED) is 0.148. The Kier molecular flexibility index (Phi) is 4.27. The average molecular weight is 733 g/mol. The summed E-state index contributed by atoms with van der Waals surface area (Å²) in [6.07, 6.45) is 4.62. The van der Waals surface area contributed by atoms with Crippen LogP contribution in [0.2, 0.25) is 0 Å². The molecule has 0 aliphatic heterocycles. The largest absolute Gasteiger partial charge is 0.308 e. The van der Waals surface area contributed by atoms with Crippen molar-refractivity contribution in [3.63, 3.8) is 0 Å². The average Bonchev–Trinajstić information content (AvgIpc) is 4.15. The van der Waals surface area contributed by atoms with Crippen molar-refractivity contribution in [3.8, 4) is 0 Å². The van der Waals surface area contributed by atoms with Crippen LogP contribution in [0.4, 0.5) is 0 Å². The maximum absolute atomic E-state index is 2.59. The van der Waals surface area contributed by atoms with Gasteiger partial charge in [0.1, 0.15) is 0 Å². The van der Waals surface area contributed by atoms with Gasteiger partial charge in [0.2, 0.25) is 0 Å². The second-order valence-electron chi connectivity index (χ2n) is 17.1. The Morgan fingerprint density at radius 1 is 0.276 bits per heavy atom. The fraction of sp³-hybridized carbons (Fsp3) is 0.0370. The summed E-state index contributed by atoms with van der Waals surface area (Å²) in [7, 11) is 0. The molecule has 0 spiro atoms. The molecule has 0 radical (unpaired) electrons. The third kappa shape index (κ3) is 2.77. The van der Waals surface area contributed by atoms with Gasteiger partial charge in [0.05, 0.1) is 66.2 Å². The summed E-state index contributed by atoms with van der Waals surface area (Å²) in [5.41, 5.74) is 17.2. The lowest BCUT2D eigenvalue weighted by Gasteiger charge is -2.05. The first kappa shape index (κ1) is 27.9. The molecule has 4 heteroatoms. The van der Waals surface area contributed by atoms with Crippen LogP contribution in [0.25, 0.3) is 148 Å². The van der Waals surface area contributed by atoms with E-state index in [1.165, 1.54) is 152 Å². The van der Waals surface area contributed by atoms with Gasteiger partial charge in [0.25, 0.3) is 0 Å². The van der Waals surface area contributed by atoms with Crippen molar-refractivity contribution in [1.29, 1.82) is 0 Å². The molecule has 17 rings (SSSR count). The molecule has 1 aliphatic rings. The third-order valence-corrected chi connectivity index (χ3v) is 14.7. The zero-order valence-electron chi connectivity index (χ0n) is 31.1. The van der Waals surface area contributed by atoms with Gasteiger partial charge in [-0.15, -0.1) is 0 Å². The topological polar surface area (TPSA) is 17.6 Å². The maximum Gasteiger partial charge on any atom is 0.0620 e. The molecule has 0 saturated heterocycles. The predicted octanol–water partition coefficient (Wildman–Crippen LogP) is 13.1. The van der Waals surface area contributed by atoms with Crippen LogP contribution < -0.4 is 5.22 Å². The van der Waals surface area contributed by atoms with Crippen molar-refractivity contribution in [1.82, 2.24) is 17.6 Å². The van der Waals surface area contributed by atoms with Gasteiger partial charge in [-0.05, 0) is 66.9 Å². The fourth-order valence-electron chi connectivity index (χ4n) is 12.6. The number of fused-ring (bicyclic) bond motifs is 24. The maximum atomic E-state index is 2.59. The normalized spacial score (nSPS) is 14.2. The number of aromatic nitrogens is 4. The van der Waals surface area contributed by atoms with E-state index in [2.05, 4.69) is 163 Å². The molecule has 0 fully saturated rings. The molecular weight excluding hydrogens is 705 g/mol. The van der Waals surface area contributed by atoms with E-state index in [0.717, 1.165) is 12.8 Å². The summed E-state index contributed by atoms with van der Waals surface area (Å²) in [5.74, 6) is 0. The number of nitrogens with zero attached hydrogens (tertiary/aromatic N) is 4. The summed E-state index contributed by atoms with van der Waals surface area (Å²) in [6, 6.07) is 53.6. The molecule has 0 amide bonds. The molecule has 0 saturated carbocycles. The minimum atomic E-state index is 1.08. The van der Waals surface area contributed by atoms with Gasteiger partial charge in [-0.25, -0.2) is 0 Å². The lowest BCUT2D eigenvalue weighted by Crippen LogP contribution is -2.05. The highest BCUT2D eigenvalue weighted by Crippen LogP contribution is 2.48. The summed E-state index contributed by atoms with van der Waals surface area (Å²) in [4.78, 5) is 0. The van der Waals surface area contributed by atoms with Crippen LogP contribution >= 0.6 is 0 Å². The van der Waals surface area contributed by atoms with Crippen LogP contribution in [0.3, 0.4) is 0 Å². The Morgan fingerprint density at radius 3 is 1.12 bits per heavy atom. The third-order valence-electron chi connectivity index (χ3n) is 14.7. The number of aryl methyl sites for hydroxylation is 1. The van der Waals surface area contributed by atoms with Crippen molar-refractivity contribution in [2.75, 3.05) is 0 Å². The van der Waals surface area contributed by atoms with E-state index < -0.39 is 0 Å². The van der Waals surface area contributed by atoms with Crippen molar-refractivity contribution < 1.29 is 0 Å². The highest BCUT2D eigenvalue weighted by Gasteiger charge is 2.26. The van der Waals surface area contributed by atoms with Gasteiger partial charge >= 0.3 is 0 Å². The Morgan fingerprint density at radius 2 is 0.621 bits per heavy atom. The smallest absolute Gasteiger partial charge is 0.0620 e. The molecule has 4 nitrogen and oxygen atoms in total.